The van der Waals surface area contributed by atoms with Crippen LogP contribution >= 0.6 is 15.9 Å². The van der Waals surface area contributed by atoms with Crippen molar-refractivity contribution in [3.63, 3.8) is 0 Å². The van der Waals surface area contributed by atoms with Gasteiger partial charge < -0.3 is 9.64 Å². The van der Waals surface area contributed by atoms with Gasteiger partial charge in [0.2, 0.25) is 0 Å². The summed E-state index contributed by atoms with van der Waals surface area (Å²) in [7, 11) is 3.38. The Labute approximate surface area is 142 Å². The third-order valence-electron chi connectivity index (χ3n) is 3.67. The molecule has 1 N–H and O–H groups in total. The van der Waals surface area contributed by atoms with E-state index in [9.17, 15) is 4.79 Å². The molecular weight excluding hydrogens is 358 g/mol. The molecule has 0 unspecified atom stereocenters. The second kappa shape index (κ2) is 6.42. The van der Waals surface area contributed by atoms with Gasteiger partial charge in [-0.05, 0) is 24.3 Å². The molecule has 5 nitrogen and oxygen atoms in total. The minimum absolute atomic E-state index is 0.135. The summed E-state index contributed by atoms with van der Waals surface area (Å²) in [5.74, 6) is 0.615. The quantitative estimate of drug-likeness (QED) is 0.759. The summed E-state index contributed by atoms with van der Waals surface area (Å²) in [6, 6.07) is 13.3. The summed E-state index contributed by atoms with van der Waals surface area (Å²) >= 11 is 3.45. The van der Waals surface area contributed by atoms with Gasteiger partial charge in [-0.15, -0.1) is 0 Å². The summed E-state index contributed by atoms with van der Waals surface area (Å²) in [4.78, 5) is 14.3. The summed E-state index contributed by atoms with van der Waals surface area (Å²) in [5.41, 5.74) is 2.21. The molecule has 118 valence electrons. The van der Waals surface area contributed by atoms with E-state index in [0.29, 0.717) is 12.2 Å². The van der Waals surface area contributed by atoms with E-state index in [1.165, 1.54) is 0 Å². The van der Waals surface area contributed by atoms with E-state index in [2.05, 4.69) is 26.1 Å². The molecule has 0 spiro atoms. The van der Waals surface area contributed by atoms with E-state index in [1.807, 2.05) is 42.5 Å². The normalized spacial score (nSPS) is 10.7. The maximum absolute atomic E-state index is 12.7. The molecule has 1 heterocycles. The highest BCUT2D eigenvalue weighted by atomic mass is 79.9. The first-order valence-electron chi connectivity index (χ1n) is 7.11. The lowest BCUT2D eigenvalue weighted by atomic mass is 10.1. The van der Waals surface area contributed by atoms with Crippen LogP contribution < -0.4 is 4.74 Å². The fourth-order valence-corrected chi connectivity index (χ4v) is 2.91. The number of amides is 1. The third kappa shape index (κ3) is 3.07. The van der Waals surface area contributed by atoms with Gasteiger partial charge in [0.1, 0.15) is 5.75 Å². The van der Waals surface area contributed by atoms with Crippen LogP contribution in [0.25, 0.3) is 10.9 Å². The van der Waals surface area contributed by atoms with Crippen LogP contribution in [0.5, 0.6) is 5.75 Å². The van der Waals surface area contributed by atoms with Gasteiger partial charge in [0, 0.05) is 29.0 Å². The predicted molar refractivity (Wildman–Crippen MR) is 92.6 cm³/mol. The number of para-hydroxylation sites is 1. The number of benzene rings is 2. The molecule has 0 aliphatic rings. The van der Waals surface area contributed by atoms with E-state index in [0.717, 1.165) is 26.7 Å². The first kappa shape index (κ1) is 15.6. The van der Waals surface area contributed by atoms with Gasteiger partial charge >= 0.3 is 0 Å². The second-order valence-corrected chi connectivity index (χ2v) is 6.15. The van der Waals surface area contributed by atoms with Crippen LogP contribution in [0.15, 0.2) is 46.9 Å². The highest BCUT2D eigenvalue weighted by Crippen LogP contribution is 2.25. The van der Waals surface area contributed by atoms with Gasteiger partial charge in [0.25, 0.3) is 5.91 Å². The molecule has 0 bridgehead atoms. The maximum atomic E-state index is 12.7. The van der Waals surface area contributed by atoms with E-state index in [4.69, 9.17) is 4.74 Å². The van der Waals surface area contributed by atoms with Crippen LogP contribution in [0.4, 0.5) is 0 Å². The van der Waals surface area contributed by atoms with E-state index in [1.54, 1.807) is 19.1 Å². The summed E-state index contributed by atoms with van der Waals surface area (Å²) in [5, 5.41) is 7.88. The number of aromatic nitrogens is 2. The second-order valence-electron chi connectivity index (χ2n) is 5.24. The first-order chi connectivity index (χ1) is 11.1. The molecular formula is C17H16BrN3O2. The first-order valence-corrected chi connectivity index (χ1v) is 7.90. The number of carbonyl (C=O) groups is 1. The molecule has 1 amide bonds. The molecule has 6 heteroatoms. The zero-order valence-electron chi connectivity index (χ0n) is 12.8. The van der Waals surface area contributed by atoms with Crippen molar-refractivity contribution in [1.29, 1.82) is 0 Å². The average Bonchev–Trinajstić information content (AvgIpc) is 2.98. The molecule has 3 aromatic rings. The average molecular weight is 374 g/mol. The molecule has 0 aliphatic carbocycles. The van der Waals surface area contributed by atoms with Gasteiger partial charge in [-0.1, -0.05) is 34.1 Å². The monoisotopic (exact) mass is 373 g/mol. The lowest BCUT2D eigenvalue weighted by molar-refractivity contribution is 0.0780. The molecule has 23 heavy (non-hydrogen) atoms. The number of ether oxygens (including phenoxy) is 1. The van der Waals surface area contributed by atoms with E-state index in [-0.39, 0.29) is 5.91 Å². The SMILES string of the molecule is COc1ccc(Br)cc1CN(C)C(=O)c1n[nH]c2ccccc12. The molecule has 0 atom stereocenters. The largest absolute Gasteiger partial charge is 0.496 e. The number of rotatable bonds is 4. The van der Waals surface area contributed by atoms with Crippen LogP contribution in [0, 0.1) is 0 Å². The van der Waals surface area contributed by atoms with Crippen LogP contribution in [0.3, 0.4) is 0 Å². The van der Waals surface area contributed by atoms with Crippen molar-refractivity contribution in [2.45, 2.75) is 6.54 Å². The molecule has 0 saturated heterocycles. The Hall–Kier alpha value is -2.34. The number of halogens is 1. The number of hydrogen-bond donors (Lipinski definition) is 1. The Kier molecular flexibility index (Phi) is 4.34. The molecule has 0 saturated carbocycles. The van der Waals surface area contributed by atoms with Crippen LogP contribution in [0.2, 0.25) is 0 Å². The van der Waals surface area contributed by atoms with Crippen molar-refractivity contribution < 1.29 is 9.53 Å². The van der Waals surface area contributed by atoms with Crippen molar-refractivity contribution in [2.24, 2.45) is 0 Å². The Morgan fingerprint density at radius 3 is 2.87 bits per heavy atom. The number of nitrogens with zero attached hydrogens (tertiary/aromatic N) is 2. The highest BCUT2D eigenvalue weighted by molar-refractivity contribution is 9.10. The number of H-pyrrole nitrogens is 1. The smallest absolute Gasteiger partial charge is 0.275 e. The van der Waals surface area contributed by atoms with Gasteiger partial charge in [-0.25, -0.2) is 0 Å². The lowest BCUT2D eigenvalue weighted by Gasteiger charge is -2.18. The van der Waals surface area contributed by atoms with Crippen LogP contribution in [-0.4, -0.2) is 35.2 Å². The number of nitrogens with one attached hydrogen (secondary N) is 1. The molecule has 0 radical (unpaired) electrons. The van der Waals surface area contributed by atoms with Crippen molar-refractivity contribution in [3.05, 3.63) is 58.2 Å². The molecule has 1 aromatic heterocycles. The van der Waals surface area contributed by atoms with E-state index >= 15 is 0 Å². The zero-order chi connectivity index (χ0) is 16.4. The van der Waals surface area contributed by atoms with Crippen molar-refractivity contribution in [2.75, 3.05) is 14.2 Å². The number of hydrogen-bond acceptors (Lipinski definition) is 3. The predicted octanol–water partition coefficient (Wildman–Crippen LogP) is 3.61. The summed E-state index contributed by atoms with van der Waals surface area (Å²) < 4.78 is 6.31. The molecule has 0 aliphatic heterocycles. The Bertz CT molecular complexity index is 860. The molecule has 0 fully saturated rings. The summed E-state index contributed by atoms with van der Waals surface area (Å²) in [6.45, 7) is 0.433. The number of aromatic amines is 1. The van der Waals surface area contributed by atoms with Gasteiger partial charge in [0.15, 0.2) is 5.69 Å². The van der Waals surface area contributed by atoms with Gasteiger partial charge in [0.05, 0.1) is 12.6 Å². The van der Waals surface area contributed by atoms with Gasteiger partial charge in [-0.3, -0.25) is 9.89 Å². The van der Waals surface area contributed by atoms with Crippen molar-refractivity contribution in [1.82, 2.24) is 15.1 Å². The van der Waals surface area contributed by atoms with Crippen LogP contribution in [-0.2, 0) is 6.54 Å². The Morgan fingerprint density at radius 2 is 2.09 bits per heavy atom. The maximum Gasteiger partial charge on any atom is 0.275 e. The minimum Gasteiger partial charge on any atom is -0.496 e. The van der Waals surface area contributed by atoms with Crippen molar-refractivity contribution in [3.8, 4) is 5.75 Å². The summed E-state index contributed by atoms with van der Waals surface area (Å²) in [6.07, 6.45) is 0. The van der Waals surface area contributed by atoms with Crippen LogP contribution in [0.1, 0.15) is 16.1 Å². The Morgan fingerprint density at radius 1 is 1.30 bits per heavy atom. The number of fused-ring (bicyclic) bond motifs is 1. The topological polar surface area (TPSA) is 58.2 Å². The fourth-order valence-electron chi connectivity index (χ4n) is 2.51. The molecule has 3 rings (SSSR count). The van der Waals surface area contributed by atoms with E-state index < -0.39 is 0 Å². The highest BCUT2D eigenvalue weighted by Gasteiger charge is 2.19. The fraction of sp³-hybridized carbons (Fsp3) is 0.176. The minimum atomic E-state index is -0.135. The Balaban J connectivity index is 1.87. The zero-order valence-corrected chi connectivity index (χ0v) is 14.4. The van der Waals surface area contributed by atoms with Gasteiger partial charge in [-0.2, -0.15) is 5.10 Å². The number of carbonyl (C=O) groups excluding carboxylic acids is 1. The standard InChI is InChI=1S/C17H16BrN3O2/c1-21(10-11-9-12(18)7-8-15(11)23-2)17(22)16-13-5-3-4-6-14(13)19-20-16/h3-9H,10H2,1-2H3,(H,19,20). The lowest BCUT2D eigenvalue weighted by Crippen LogP contribution is -2.27. The molecule has 2 aromatic carbocycles. The number of methoxy groups -OCH3 is 1. The van der Waals surface area contributed by atoms with Crippen molar-refractivity contribution >= 4 is 32.7 Å². The third-order valence-corrected chi connectivity index (χ3v) is 4.16.